The highest BCUT2D eigenvalue weighted by molar-refractivity contribution is 7.11. The number of nitrogens with one attached hydrogen (secondary N) is 2. The maximum atomic E-state index is 16.7. The Kier molecular flexibility index (Phi) is 10.0. The fourth-order valence-corrected chi connectivity index (χ4v) is 9.14. The van der Waals surface area contributed by atoms with Crippen molar-refractivity contribution in [1.82, 2.24) is 29.7 Å². The van der Waals surface area contributed by atoms with E-state index in [0.717, 1.165) is 39.1 Å². The Hall–Kier alpha value is -4.73. The van der Waals surface area contributed by atoms with Crippen LogP contribution in [0.4, 0.5) is 9.18 Å². The predicted octanol–water partition coefficient (Wildman–Crippen LogP) is 7.78. The highest BCUT2D eigenvalue weighted by Crippen LogP contribution is 2.48. The minimum absolute atomic E-state index is 0.157. The summed E-state index contributed by atoms with van der Waals surface area (Å²) in [5.41, 5.74) is 2.99. The van der Waals surface area contributed by atoms with Gasteiger partial charge < -0.3 is 34.0 Å². The summed E-state index contributed by atoms with van der Waals surface area (Å²) in [4.78, 5) is 41.3. The standard InChI is InChI=1S/C42H50BFN6O6S/c1-22(2)15-34-45-21-33(57-34)39-50-29-13-12-26(43-55-41(5,6)42(7,8)56-43)16-25(29)18-31(50)35-27(44)17-24(19-32(35)54-39)28-20-46-37(47-28)30-11-10-14-49(30)38(51)36(23(3)4)48-40(52)53-9/h12-13,16-23,30,36,39H,10-11,14-15H2,1-9H3,(H,46,47)(H,48,52)/t30-,36-,39?/m0/s1. The Balaban J connectivity index is 1.16. The number of fused-ring (bicyclic) bond motifs is 5. The fraction of sp³-hybridized carbons (Fsp3) is 0.476. The molecule has 3 aliphatic heterocycles. The minimum atomic E-state index is -0.752. The number of rotatable bonds is 9. The number of thiazole rings is 1. The molecule has 8 rings (SSSR count). The number of carbonyl (C=O) groups is 2. The second-order valence-corrected chi connectivity index (χ2v) is 18.2. The maximum absolute atomic E-state index is 16.7. The molecule has 1 unspecified atom stereocenters. The molecular weight excluding hydrogens is 746 g/mol. The Morgan fingerprint density at radius 1 is 1.07 bits per heavy atom. The number of alkyl carbamates (subject to hydrolysis) is 1. The average Bonchev–Trinajstić information content (AvgIpc) is 3.99. The Morgan fingerprint density at radius 3 is 2.53 bits per heavy atom. The van der Waals surface area contributed by atoms with Crippen LogP contribution in [-0.4, -0.2) is 74.4 Å². The second-order valence-electron chi connectivity index (χ2n) is 17.1. The number of imidazole rings is 1. The highest BCUT2D eigenvalue weighted by atomic mass is 32.1. The first-order valence-electron chi connectivity index (χ1n) is 19.7. The van der Waals surface area contributed by atoms with Crippen molar-refractivity contribution in [3.63, 3.8) is 0 Å². The summed E-state index contributed by atoms with van der Waals surface area (Å²) in [5, 5.41) is 4.61. The largest absolute Gasteiger partial charge is 0.494 e. The lowest BCUT2D eigenvalue weighted by Crippen LogP contribution is -2.51. The number of carbonyl (C=O) groups excluding carboxylic acids is 2. The lowest BCUT2D eigenvalue weighted by atomic mass is 9.78. The molecule has 2 aromatic carbocycles. The molecule has 2 N–H and O–H groups in total. The van der Waals surface area contributed by atoms with Crippen LogP contribution in [0.5, 0.6) is 5.75 Å². The monoisotopic (exact) mass is 796 g/mol. The number of methoxy groups -OCH3 is 1. The predicted molar refractivity (Wildman–Crippen MR) is 218 cm³/mol. The lowest BCUT2D eigenvalue weighted by Gasteiger charge is -2.32. The van der Waals surface area contributed by atoms with Gasteiger partial charge in [0.15, 0.2) is 0 Å². The van der Waals surface area contributed by atoms with E-state index in [1.807, 2.05) is 72.0 Å². The summed E-state index contributed by atoms with van der Waals surface area (Å²) in [6.45, 7) is 16.7. The zero-order valence-corrected chi connectivity index (χ0v) is 34.8. The van der Waals surface area contributed by atoms with Crippen molar-refractivity contribution in [2.75, 3.05) is 13.7 Å². The molecule has 2 saturated heterocycles. The van der Waals surface area contributed by atoms with Gasteiger partial charge >= 0.3 is 13.2 Å². The van der Waals surface area contributed by atoms with Gasteiger partial charge in [0.05, 0.1) is 62.9 Å². The highest BCUT2D eigenvalue weighted by Gasteiger charge is 2.52. The van der Waals surface area contributed by atoms with E-state index in [-0.39, 0.29) is 17.9 Å². The third kappa shape index (κ3) is 7.01. The van der Waals surface area contributed by atoms with Crippen molar-refractivity contribution >= 4 is 46.8 Å². The van der Waals surface area contributed by atoms with Crippen molar-refractivity contribution in [1.29, 1.82) is 0 Å². The summed E-state index contributed by atoms with van der Waals surface area (Å²) >= 11 is 1.60. The van der Waals surface area contributed by atoms with E-state index in [1.54, 1.807) is 22.4 Å². The molecule has 12 nitrogen and oxygen atoms in total. The van der Waals surface area contributed by atoms with Crippen LogP contribution in [-0.2, 0) is 25.3 Å². The van der Waals surface area contributed by atoms with Crippen LogP contribution >= 0.6 is 11.3 Å². The number of aromatic nitrogens is 4. The Morgan fingerprint density at radius 2 is 1.82 bits per heavy atom. The van der Waals surface area contributed by atoms with E-state index >= 15 is 4.39 Å². The van der Waals surface area contributed by atoms with Crippen LogP contribution in [0.3, 0.4) is 0 Å². The number of halogens is 1. The van der Waals surface area contributed by atoms with Crippen molar-refractivity contribution in [2.24, 2.45) is 11.8 Å². The van der Waals surface area contributed by atoms with Gasteiger partial charge in [0.1, 0.15) is 23.4 Å². The van der Waals surface area contributed by atoms with Gasteiger partial charge in [-0.2, -0.15) is 0 Å². The van der Waals surface area contributed by atoms with E-state index in [0.29, 0.717) is 53.0 Å². The number of hydrogen-bond donors (Lipinski definition) is 2. The number of ether oxygens (including phenoxy) is 2. The quantitative estimate of drug-likeness (QED) is 0.145. The molecule has 2 fully saturated rings. The average molecular weight is 797 g/mol. The third-order valence-electron chi connectivity index (χ3n) is 11.7. The summed E-state index contributed by atoms with van der Waals surface area (Å²) in [6.07, 6.45) is 4.60. The lowest BCUT2D eigenvalue weighted by molar-refractivity contribution is -0.135. The number of amides is 2. The van der Waals surface area contributed by atoms with Crippen LogP contribution < -0.4 is 15.5 Å². The zero-order chi connectivity index (χ0) is 40.6. The smallest absolute Gasteiger partial charge is 0.464 e. The topological polar surface area (TPSA) is 133 Å². The van der Waals surface area contributed by atoms with Gasteiger partial charge in [-0.15, -0.1) is 11.3 Å². The zero-order valence-electron chi connectivity index (χ0n) is 33.9. The van der Waals surface area contributed by atoms with Crippen LogP contribution in [0.2, 0.25) is 0 Å². The van der Waals surface area contributed by atoms with Crippen LogP contribution in [0.25, 0.3) is 33.4 Å². The first kappa shape index (κ1) is 39.1. The fourth-order valence-electron chi connectivity index (χ4n) is 7.99. The molecule has 3 aliphatic rings. The molecule has 5 aromatic rings. The summed E-state index contributed by atoms with van der Waals surface area (Å²) in [6, 6.07) is 10.4. The summed E-state index contributed by atoms with van der Waals surface area (Å²) in [5.74, 6) is 0.630. The van der Waals surface area contributed by atoms with Gasteiger partial charge in [-0.25, -0.2) is 19.2 Å². The van der Waals surface area contributed by atoms with Crippen molar-refractivity contribution in [3.05, 3.63) is 70.3 Å². The van der Waals surface area contributed by atoms with Crippen molar-refractivity contribution < 1.29 is 32.8 Å². The van der Waals surface area contributed by atoms with Gasteiger partial charge in [0.2, 0.25) is 12.1 Å². The number of H-pyrrole nitrogens is 1. The Labute approximate surface area is 336 Å². The number of hydrogen-bond acceptors (Lipinski definition) is 9. The van der Waals surface area contributed by atoms with Crippen LogP contribution in [0.1, 0.15) is 96.2 Å². The molecule has 0 radical (unpaired) electrons. The van der Waals surface area contributed by atoms with Gasteiger partial charge in [-0.3, -0.25) is 9.36 Å². The third-order valence-corrected chi connectivity index (χ3v) is 12.8. The molecular formula is C42H50BFN6O6S. The van der Waals surface area contributed by atoms with Gasteiger partial charge in [0.25, 0.3) is 0 Å². The molecule has 0 spiro atoms. The van der Waals surface area contributed by atoms with Crippen molar-refractivity contribution in [3.8, 4) is 28.3 Å². The van der Waals surface area contributed by atoms with Crippen LogP contribution in [0, 0.1) is 17.7 Å². The normalized spacial score (nSPS) is 20.2. The molecule has 2 amide bonds. The molecule has 15 heteroatoms. The number of aromatic amines is 1. The SMILES string of the molecule is COC(=O)N[C@H](C(=O)N1CCC[C@H]1c1ncc(-c2cc(F)c3c(c2)OC(c2cnc(CC(C)C)s2)n2c-3cc3cc(B4OC(C)(C)C(C)(C)O4)ccc32)[nH]1)C(C)C. The van der Waals surface area contributed by atoms with E-state index in [9.17, 15) is 9.59 Å². The van der Waals surface area contributed by atoms with Gasteiger partial charge in [-0.05, 0) is 82.1 Å². The Bertz CT molecular complexity index is 2340. The molecule has 300 valence electrons. The summed E-state index contributed by atoms with van der Waals surface area (Å²) in [7, 11) is 0.730. The molecule has 6 heterocycles. The summed E-state index contributed by atoms with van der Waals surface area (Å²) < 4.78 is 43.1. The van der Waals surface area contributed by atoms with E-state index in [2.05, 4.69) is 39.8 Å². The molecule has 3 atom stereocenters. The number of likely N-dealkylation sites (tertiary alicyclic amines) is 1. The molecule has 3 aromatic heterocycles. The minimum Gasteiger partial charge on any atom is -0.464 e. The molecule has 0 bridgehead atoms. The van der Waals surface area contributed by atoms with Crippen molar-refractivity contribution in [2.45, 2.75) is 104 Å². The first-order valence-corrected chi connectivity index (χ1v) is 20.5. The molecule has 0 saturated carbocycles. The maximum Gasteiger partial charge on any atom is 0.494 e. The molecule has 0 aliphatic carbocycles. The second kappa shape index (κ2) is 14.6. The molecule has 57 heavy (non-hydrogen) atoms. The van der Waals surface area contributed by atoms with Crippen LogP contribution in [0.15, 0.2) is 48.8 Å². The van der Waals surface area contributed by atoms with E-state index in [4.69, 9.17) is 23.8 Å². The number of nitrogens with zero attached hydrogens (tertiary/aromatic N) is 4. The van der Waals surface area contributed by atoms with Gasteiger partial charge in [-0.1, -0.05) is 39.8 Å². The van der Waals surface area contributed by atoms with E-state index < -0.39 is 42.5 Å². The van der Waals surface area contributed by atoms with E-state index in [1.165, 1.54) is 13.2 Å². The first-order chi connectivity index (χ1) is 27.0. The van der Waals surface area contributed by atoms with Gasteiger partial charge in [0, 0.05) is 30.1 Å². The number of benzene rings is 2.